The summed E-state index contributed by atoms with van der Waals surface area (Å²) in [4.78, 5) is 0. The first-order chi connectivity index (χ1) is 9.45. The Bertz CT molecular complexity index is 401. The fourth-order valence-corrected chi connectivity index (χ4v) is 3.74. The quantitative estimate of drug-likeness (QED) is 0.777. The third-order valence-corrected chi connectivity index (χ3v) is 5.11. The average molecular weight is 306 g/mol. The van der Waals surface area contributed by atoms with E-state index in [0.717, 1.165) is 25.9 Å². The molecular formula is C13H26N2O4S. The van der Waals surface area contributed by atoms with E-state index in [2.05, 4.69) is 5.32 Å². The van der Waals surface area contributed by atoms with Crippen LogP contribution in [0.1, 0.15) is 19.8 Å². The highest BCUT2D eigenvalue weighted by Crippen LogP contribution is 2.19. The van der Waals surface area contributed by atoms with Gasteiger partial charge in [-0.15, -0.1) is 0 Å². The molecule has 0 amide bonds. The summed E-state index contributed by atoms with van der Waals surface area (Å²) in [5, 5.41) is 3.31. The van der Waals surface area contributed by atoms with Crippen LogP contribution in [-0.2, 0) is 19.5 Å². The molecule has 6 nitrogen and oxygen atoms in total. The number of nitrogens with zero attached hydrogens (tertiary/aromatic N) is 1. The van der Waals surface area contributed by atoms with Gasteiger partial charge in [0.2, 0.25) is 10.0 Å². The van der Waals surface area contributed by atoms with Crippen molar-refractivity contribution in [2.24, 2.45) is 5.92 Å². The smallest absolute Gasteiger partial charge is 0.211 e. The lowest BCUT2D eigenvalue weighted by molar-refractivity contribution is -0.0743. The third-order valence-electron chi connectivity index (χ3n) is 3.84. The zero-order valence-corrected chi connectivity index (χ0v) is 13.2. The summed E-state index contributed by atoms with van der Waals surface area (Å²) in [5.74, 6) is 0.299. The molecule has 2 aliphatic heterocycles. The molecule has 20 heavy (non-hydrogen) atoms. The van der Waals surface area contributed by atoms with E-state index in [9.17, 15) is 8.42 Å². The Labute approximate surface area is 121 Å². The largest absolute Gasteiger partial charge is 0.378 e. The van der Waals surface area contributed by atoms with Gasteiger partial charge < -0.3 is 14.8 Å². The third kappa shape index (κ3) is 4.96. The van der Waals surface area contributed by atoms with Gasteiger partial charge in [0.05, 0.1) is 31.7 Å². The summed E-state index contributed by atoms with van der Waals surface area (Å²) in [6.45, 7) is 6.17. The van der Waals surface area contributed by atoms with Crippen LogP contribution in [0.2, 0.25) is 0 Å². The van der Waals surface area contributed by atoms with Crippen LogP contribution in [0.5, 0.6) is 0 Å². The number of hydrogen-bond acceptors (Lipinski definition) is 5. The molecule has 0 spiro atoms. The van der Waals surface area contributed by atoms with Crippen molar-refractivity contribution in [3.8, 4) is 0 Å². The Morgan fingerprint density at radius 3 is 2.85 bits per heavy atom. The predicted octanol–water partition coefficient (Wildman–Crippen LogP) is 0.0515. The van der Waals surface area contributed by atoms with Crippen LogP contribution in [0.4, 0.5) is 0 Å². The minimum Gasteiger partial charge on any atom is -0.378 e. The van der Waals surface area contributed by atoms with E-state index in [1.807, 2.05) is 6.92 Å². The van der Waals surface area contributed by atoms with Crippen molar-refractivity contribution in [3.63, 3.8) is 0 Å². The van der Waals surface area contributed by atoms with Crippen LogP contribution in [-0.4, -0.2) is 70.6 Å². The van der Waals surface area contributed by atoms with E-state index in [-0.39, 0.29) is 12.2 Å². The molecule has 0 bridgehead atoms. The van der Waals surface area contributed by atoms with E-state index in [1.165, 1.54) is 6.26 Å². The number of hydrogen-bond donors (Lipinski definition) is 1. The molecule has 3 atom stereocenters. The Hall–Kier alpha value is -0.210. The minimum absolute atomic E-state index is 0.105. The van der Waals surface area contributed by atoms with Crippen LogP contribution in [0.25, 0.3) is 0 Å². The second kappa shape index (κ2) is 7.17. The first-order valence-corrected chi connectivity index (χ1v) is 9.19. The predicted molar refractivity (Wildman–Crippen MR) is 77.2 cm³/mol. The summed E-state index contributed by atoms with van der Waals surface area (Å²) in [5.41, 5.74) is 0. The maximum atomic E-state index is 11.5. The average Bonchev–Trinajstić information content (AvgIpc) is 2.38. The summed E-state index contributed by atoms with van der Waals surface area (Å²) >= 11 is 0. The summed E-state index contributed by atoms with van der Waals surface area (Å²) < 4.78 is 36.1. The molecule has 1 N–H and O–H groups in total. The molecule has 2 rings (SSSR count). The van der Waals surface area contributed by atoms with Gasteiger partial charge in [0.1, 0.15) is 0 Å². The van der Waals surface area contributed by atoms with Crippen LogP contribution in [0.15, 0.2) is 0 Å². The van der Waals surface area contributed by atoms with E-state index in [4.69, 9.17) is 9.47 Å². The van der Waals surface area contributed by atoms with Crippen LogP contribution < -0.4 is 5.32 Å². The number of nitrogens with one attached hydrogen (secondary N) is 1. The fourth-order valence-electron chi connectivity index (χ4n) is 2.80. The Kier molecular flexibility index (Phi) is 5.80. The molecule has 3 unspecified atom stereocenters. The van der Waals surface area contributed by atoms with Gasteiger partial charge in [0.25, 0.3) is 0 Å². The summed E-state index contributed by atoms with van der Waals surface area (Å²) in [7, 11) is -3.07. The lowest BCUT2D eigenvalue weighted by Gasteiger charge is -2.32. The van der Waals surface area contributed by atoms with Gasteiger partial charge in [-0.05, 0) is 25.7 Å². The summed E-state index contributed by atoms with van der Waals surface area (Å²) in [6.07, 6.45) is 3.56. The maximum Gasteiger partial charge on any atom is 0.211 e. The number of ether oxygens (including phenoxy) is 2. The van der Waals surface area contributed by atoms with Crippen LogP contribution in [0, 0.1) is 5.92 Å². The van der Waals surface area contributed by atoms with Crippen molar-refractivity contribution in [1.82, 2.24) is 9.62 Å². The fraction of sp³-hybridized carbons (Fsp3) is 1.00. The molecule has 0 aromatic rings. The van der Waals surface area contributed by atoms with Gasteiger partial charge in [0, 0.05) is 26.2 Å². The van der Waals surface area contributed by atoms with E-state index >= 15 is 0 Å². The Morgan fingerprint density at radius 1 is 1.35 bits per heavy atom. The monoisotopic (exact) mass is 306 g/mol. The molecule has 7 heteroatoms. The molecule has 118 valence electrons. The second-order valence-electron chi connectivity index (χ2n) is 5.89. The van der Waals surface area contributed by atoms with Crippen LogP contribution in [0.3, 0.4) is 0 Å². The lowest BCUT2D eigenvalue weighted by atomic mass is 10.0. The normalized spacial score (nSPS) is 33.2. The van der Waals surface area contributed by atoms with Crippen molar-refractivity contribution in [3.05, 3.63) is 0 Å². The van der Waals surface area contributed by atoms with Crippen LogP contribution >= 0.6 is 0 Å². The molecule has 2 fully saturated rings. The second-order valence-corrected chi connectivity index (χ2v) is 7.88. The number of morpholine rings is 1. The highest BCUT2D eigenvalue weighted by molar-refractivity contribution is 7.88. The van der Waals surface area contributed by atoms with Gasteiger partial charge in [0.15, 0.2) is 0 Å². The van der Waals surface area contributed by atoms with E-state index < -0.39 is 10.0 Å². The molecule has 0 aromatic heterocycles. The highest BCUT2D eigenvalue weighted by Gasteiger charge is 2.26. The molecule has 2 saturated heterocycles. The molecule has 2 aliphatic rings. The molecule has 0 aromatic carbocycles. The molecule has 0 aliphatic carbocycles. The van der Waals surface area contributed by atoms with Gasteiger partial charge in [-0.2, -0.15) is 0 Å². The Balaban J connectivity index is 1.68. The first-order valence-electron chi connectivity index (χ1n) is 7.34. The molecule has 2 heterocycles. The van der Waals surface area contributed by atoms with Gasteiger partial charge in [-0.1, -0.05) is 0 Å². The maximum absolute atomic E-state index is 11.5. The lowest BCUT2D eigenvalue weighted by Crippen LogP contribution is -2.46. The number of piperidine rings is 1. The van der Waals surface area contributed by atoms with Crippen molar-refractivity contribution >= 4 is 10.0 Å². The van der Waals surface area contributed by atoms with Crippen molar-refractivity contribution in [1.29, 1.82) is 0 Å². The number of sulfonamides is 1. The molecule has 0 radical (unpaired) electrons. The van der Waals surface area contributed by atoms with Crippen molar-refractivity contribution in [2.75, 3.05) is 45.6 Å². The molecular weight excluding hydrogens is 280 g/mol. The van der Waals surface area contributed by atoms with Gasteiger partial charge in [-0.3, -0.25) is 0 Å². The summed E-state index contributed by atoms with van der Waals surface area (Å²) in [6, 6.07) is 0. The van der Waals surface area contributed by atoms with Gasteiger partial charge in [-0.25, -0.2) is 12.7 Å². The topological polar surface area (TPSA) is 67.9 Å². The molecule has 0 saturated carbocycles. The van der Waals surface area contributed by atoms with Gasteiger partial charge >= 0.3 is 0 Å². The standard InChI is InChI=1S/C13H26N2O4S/c1-11-6-14-7-13(19-11)10-18-9-12-4-3-5-15(8-12)20(2,16)17/h11-14H,3-10H2,1-2H3. The number of rotatable bonds is 5. The van der Waals surface area contributed by atoms with E-state index in [0.29, 0.717) is 32.2 Å². The zero-order chi connectivity index (χ0) is 14.6. The first kappa shape index (κ1) is 16.2. The van der Waals surface area contributed by atoms with Crippen molar-refractivity contribution in [2.45, 2.75) is 32.0 Å². The SMILES string of the molecule is CC1CNCC(COCC2CCCN(S(C)(=O)=O)C2)O1. The zero-order valence-electron chi connectivity index (χ0n) is 12.4. The highest BCUT2D eigenvalue weighted by atomic mass is 32.2. The minimum atomic E-state index is -3.07. The Morgan fingerprint density at radius 2 is 2.15 bits per heavy atom. The van der Waals surface area contributed by atoms with E-state index in [1.54, 1.807) is 4.31 Å². The van der Waals surface area contributed by atoms with Crippen molar-refractivity contribution < 1.29 is 17.9 Å².